The van der Waals surface area contributed by atoms with Crippen molar-refractivity contribution in [2.24, 2.45) is 34.5 Å². The van der Waals surface area contributed by atoms with Crippen molar-refractivity contribution in [3.63, 3.8) is 0 Å². The minimum atomic E-state index is -0.156. The van der Waals surface area contributed by atoms with E-state index < -0.39 is 0 Å². The van der Waals surface area contributed by atoms with Crippen molar-refractivity contribution >= 4 is 5.97 Å². The molecule has 3 heteroatoms. The summed E-state index contributed by atoms with van der Waals surface area (Å²) >= 11 is 0. The van der Waals surface area contributed by atoms with Gasteiger partial charge in [-0.15, -0.1) is 0 Å². The van der Waals surface area contributed by atoms with Crippen molar-refractivity contribution in [2.45, 2.75) is 83.8 Å². The monoisotopic (exact) mass is 396 g/mol. The van der Waals surface area contributed by atoms with Crippen LogP contribution in [-0.2, 0) is 4.74 Å². The smallest absolute Gasteiger partial charge is 0.338 e. The van der Waals surface area contributed by atoms with Gasteiger partial charge < -0.3 is 9.84 Å². The van der Waals surface area contributed by atoms with Crippen molar-refractivity contribution in [2.75, 3.05) is 0 Å². The van der Waals surface area contributed by atoms with Gasteiger partial charge in [0.25, 0.3) is 0 Å². The molecule has 4 saturated carbocycles. The Morgan fingerprint density at radius 3 is 2.45 bits per heavy atom. The molecule has 0 radical (unpaired) electrons. The number of benzene rings is 1. The Labute approximate surface area is 175 Å². The van der Waals surface area contributed by atoms with E-state index in [2.05, 4.69) is 13.8 Å². The summed E-state index contributed by atoms with van der Waals surface area (Å²) in [5.74, 6) is 2.78. The molecule has 4 fully saturated rings. The van der Waals surface area contributed by atoms with Crippen LogP contribution in [0.5, 0.6) is 0 Å². The number of ether oxygens (including phenoxy) is 1. The summed E-state index contributed by atoms with van der Waals surface area (Å²) < 4.78 is 6.12. The van der Waals surface area contributed by atoms with E-state index in [9.17, 15) is 9.90 Å². The molecule has 5 rings (SSSR count). The maximum absolute atomic E-state index is 12.7. The van der Waals surface area contributed by atoms with Crippen molar-refractivity contribution in [3.05, 3.63) is 35.9 Å². The summed E-state index contributed by atoms with van der Waals surface area (Å²) in [5.41, 5.74) is 1.20. The van der Waals surface area contributed by atoms with E-state index in [-0.39, 0.29) is 23.6 Å². The summed E-state index contributed by atoms with van der Waals surface area (Å²) in [4.78, 5) is 12.7. The van der Waals surface area contributed by atoms with Crippen molar-refractivity contribution in [3.8, 4) is 0 Å². The topological polar surface area (TPSA) is 46.5 Å². The number of hydrogen-bond acceptors (Lipinski definition) is 3. The van der Waals surface area contributed by atoms with E-state index in [0.717, 1.165) is 31.1 Å². The number of fused-ring (bicyclic) bond motifs is 5. The molecular weight excluding hydrogens is 360 g/mol. The Bertz CT molecular complexity index is 760. The number of aliphatic hydroxyl groups is 1. The van der Waals surface area contributed by atoms with Gasteiger partial charge in [0.1, 0.15) is 6.10 Å². The van der Waals surface area contributed by atoms with Crippen molar-refractivity contribution < 1.29 is 14.6 Å². The summed E-state index contributed by atoms with van der Waals surface area (Å²) in [5, 5.41) is 10.2. The SMILES string of the molecule is C[C@]12CC[C@@H](O)C[C@@H]1CC[C@H]1[C@H]2CC[C@]2(C)[C@H](OC(=O)c3ccccc3)CC[C@@H]12. The van der Waals surface area contributed by atoms with Crippen LogP contribution >= 0.6 is 0 Å². The Balaban J connectivity index is 1.34. The number of carbonyl (C=O) groups is 1. The average Bonchev–Trinajstić information content (AvgIpc) is 3.05. The Hall–Kier alpha value is -1.35. The molecule has 1 aromatic rings. The fraction of sp³-hybridized carbons (Fsp3) is 0.731. The van der Waals surface area contributed by atoms with Crippen molar-refractivity contribution in [1.82, 2.24) is 0 Å². The van der Waals surface area contributed by atoms with Crippen LogP contribution in [-0.4, -0.2) is 23.3 Å². The molecular formula is C26H36O3. The summed E-state index contributed by atoms with van der Waals surface area (Å²) in [7, 11) is 0. The quantitative estimate of drug-likeness (QED) is 0.660. The number of aliphatic hydroxyl groups excluding tert-OH is 1. The first-order valence-corrected chi connectivity index (χ1v) is 11.9. The average molecular weight is 397 g/mol. The fourth-order valence-electron chi connectivity index (χ4n) is 8.15. The lowest BCUT2D eigenvalue weighted by molar-refractivity contribution is -0.134. The van der Waals surface area contributed by atoms with Crippen LogP contribution in [0.4, 0.5) is 0 Å². The van der Waals surface area contributed by atoms with E-state index >= 15 is 0 Å². The molecule has 4 aliphatic rings. The molecule has 0 aliphatic heterocycles. The highest BCUT2D eigenvalue weighted by molar-refractivity contribution is 5.89. The zero-order valence-electron chi connectivity index (χ0n) is 18.0. The maximum atomic E-state index is 12.7. The lowest BCUT2D eigenvalue weighted by Gasteiger charge is -2.60. The van der Waals surface area contributed by atoms with Crippen LogP contribution < -0.4 is 0 Å². The molecule has 0 heterocycles. The lowest BCUT2D eigenvalue weighted by Crippen LogP contribution is -2.54. The predicted molar refractivity (Wildman–Crippen MR) is 113 cm³/mol. The van der Waals surface area contributed by atoms with Gasteiger partial charge in [-0.1, -0.05) is 32.0 Å². The Morgan fingerprint density at radius 1 is 0.931 bits per heavy atom. The van der Waals surface area contributed by atoms with Gasteiger partial charge in [-0.05, 0) is 99.0 Å². The minimum absolute atomic E-state index is 0.0554. The van der Waals surface area contributed by atoms with Gasteiger partial charge in [0.15, 0.2) is 0 Å². The zero-order valence-corrected chi connectivity index (χ0v) is 18.0. The lowest BCUT2D eigenvalue weighted by atomic mass is 9.45. The van der Waals surface area contributed by atoms with E-state index in [1.165, 1.54) is 38.5 Å². The van der Waals surface area contributed by atoms with Crippen LogP contribution in [0, 0.1) is 34.5 Å². The molecule has 1 N–H and O–H groups in total. The van der Waals surface area contributed by atoms with Crippen LogP contribution in [0.15, 0.2) is 30.3 Å². The Morgan fingerprint density at radius 2 is 1.66 bits per heavy atom. The summed E-state index contributed by atoms with van der Waals surface area (Å²) in [6.07, 6.45) is 10.4. The summed E-state index contributed by atoms with van der Waals surface area (Å²) in [6, 6.07) is 9.45. The van der Waals surface area contributed by atoms with Gasteiger partial charge in [0.2, 0.25) is 0 Å². The molecule has 8 atom stereocenters. The highest BCUT2D eigenvalue weighted by atomic mass is 16.5. The third kappa shape index (κ3) is 3.07. The third-order valence-corrected chi connectivity index (χ3v) is 9.81. The van der Waals surface area contributed by atoms with Gasteiger partial charge in [-0.3, -0.25) is 0 Å². The first kappa shape index (κ1) is 19.6. The fourth-order valence-corrected chi connectivity index (χ4v) is 8.15. The molecule has 0 amide bonds. The standard InChI is InChI=1S/C26H36O3/c1-25-14-12-19(27)16-18(25)8-9-20-21-10-11-23(26(21,2)15-13-22(20)25)29-24(28)17-6-4-3-5-7-17/h3-7,18-23,27H,8-16H2,1-2H3/t18-,19+,20+,21-,22+,23+,25-,26-/m0/s1. The first-order chi connectivity index (χ1) is 13.9. The van der Waals surface area contributed by atoms with E-state index in [1.807, 2.05) is 30.3 Å². The van der Waals surface area contributed by atoms with Crippen LogP contribution in [0.3, 0.4) is 0 Å². The molecule has 0 spiro atoms. The van der Waals surface area contributed by atoms with Crippen LogP contribution in [0.1, 0.15) is 82.0 Å². The number of rotatable bonds is 2. The molecule has 0 saturated heterocycles. The highest BCUT2D eigenvalue weighted by Gasteiger charge is 2.61. The number of esters is 1. The molecule has 1 aromatic carbocycles. The minimum Gasteiger partial charge on any atom is -0.458 e. The van der Waals surface area contributed by atoms with E-state index in [4.69, 9.17) is 4.74 Å². The van der Waals surface area contributed by atoms with Gasteiger partial charge in [-0.2, -0.15) is 0 Å². The number of carbonyl (C=O) groups excluding carboxylic acids is 1. The molecule has 0 unspecified atom stereocenters. The second kappa shape index (κ2) is 7.11. The van der Waals surface area contributed by atoms with Crippen LogP contribution in [0.2, 0.25) is 0 Å². The highest BCUT2D eigenvalue weighted by Crippen LogP contribution is 2.66. The van der Waals surface area contributed by atoms with Gasteiger partial charge >= 0.3 is 5.97 Å². The molecule has 158 valence electrons. The van der Waals surface area contributed by atoms with Gasteiger partial charge in [0.05, 0.1) is 11.7 Å². The zero-order chi connectivity index (χ0) is 20.2. The Kier molecular flexibility index (Phi) is 4.81. The van der Waals surface area contributed by atoms with E-state index in [1.54, 1.807) is 0 Å². The molecule has 3 nitrogen and oxygen atoms in total. The predicted octanol–water partition coefficient (Wildman–Crippen LogP) is 5.62. The summed E-state index contributed by atoms with van der Waals surface area (Å²) in [6.45, 7) is 4.94. The second-order valence-electron chi connectivity index (χ2n) is 11.0. The molecule has 29 heavy (non-hydrogen) atoms. The normalized spacial score (nSPS) is 46.3. The van der Waals surface area contributed by atoms with Gasteiger partial charge in [0, 0.05) is 5.41 Å². The van der Waals surface area contributed by atoms with Gasteiger partial charge in [-0.25, -0.2) is 4.79 Å². The largest absolute Gasteiger partial charge is 0.458 e. The first-order valence-electron chi connectivity index (χ1n) is 11.9. The third-order valence-electron chi connectivity index (χ3n) is 9.81. The van der Waals surface area contributed by atoms with E-state index in [0.29, 0.717) is 22.8 Å². The van der Waals surface area contributed by atoms with Crippen LogP contribution in [0.25, 0.3) is 0 Å². The molecule has 0 bridgehead atoms. The number of hydrogen-bond donors (Lipinski definition) is 1. The molecule has 4 aliphatic carbocycles. The maximum Gasteiger partial charge on any atom is 0.338 e. The molecule has 0 aromatic heterocycles. The second-order valence-corrected chi connectivity index (χ2v) is 11.0. The van der Waals surface area contributed by atoms with Crippen molar-refractivity contribution in [1.29, 1.82) is 0 Å².